The number of fused-ring (bicyclic) bond motifs is 1. The second-order valence-electron chi connectivity index (χ2n) is 9.43. The molecule has 6 nitrogen and oxygen atoms in total. The lowest BCUT2D eigenvalue weighted by Gasteiger charge is -2.25. The highest BCUT2D eigenvalue weighted by molar-refractivity contribution is 6.46. The minimum absolute atomic E-state index is 0.124. The Labute approximate surface area is 216 Å². The number of aliphatic hydroxyl groups is 1. The zero-order valence-electron chi connectivity index (χ0n) is 21.2. The lowest BCUT2D eigenvalue weighted by Crippen LogP contribution is -2.31. The molecule has 0 spiro atoms. The molecule has 37 heavy (non-hydrogen) atoms. The van der Waals surface area contributed by atoms with Crippen LogP contribution in [0.3, 0.4) is 0 Å². The number of aromatic amines is 1. The lowest BCUT2D eigenvalue weighted by atomic mass is 9.94. The van der Waals surface area contributed by atoms with E-state index in [2.05, 4.69) is 11.9 Å². The van der Waals surface area contributed by atoms with Crippen LogP contribution in [-0.4, -0.2) is 40.3 Å². The van der Waals surface area contributed by atoms with Crippen LogP contribution in [-0.2, 0) is 22.4 Å². The van der Waals surface area contributed by atoms with Gasteiger partial charge in [0, 0.05) is 29.2 Å². The number of aromatic nitrogens is 1. The Hall–Kier alpha value is -4.32. The van der Waals surface area contributed by atoms with Crippen LogP contribution in [0.2, 0.25) is 0 Å². The first-order valence-electron chi connectivity index (χ1n) is 12.5. The molecule has 1 saturated heterocycles. The number of carbonyl (C=O) groups is 2. The number of likely N-dealkylation sites (tertiary alicyclic amines) is 1. The fraction of sp³-hybridized carbons (Fsp3) is 0.226. The smallest absolute Gasteiger partial charge is 0.295 e. The molecule has 1 aliphatic rings. The Balaban J connectivity index is 1.55. The number of benzene rings is 3. The van der Waals surface area contributed by atoms with Crippen molar-refractivity contribution in [3.63, 3.8) is 0 Å². The Bertz CT molecular complexity index is 1500. The van der Waals surface area contributed by atoms with Crippen molar-refractivity contribution < 1.29 is 19.4 Å². The van der Waals surface area contributed by atoms with E-state index in [1.165, 1.54) is 0 Å². The number of hydrogen-bond donors (Lipinski definition) is 2. The standard InChI is InChI=1S/C31H30N2O4/c1-4-20-7-11-21(12-8-20)28-27(29(34)22-9-5-19(2)6-10-22)30(35)31(36)33(28)16-15-23-18-32-26-14-13-24(37-3)17-25(23)26/h5-14,17-18,28,32,34H,4,15-16H2,1-3H3/b29-27-. The number of H-pyrrole nitrogens is 1. The fourth-order valence-corrected chi connectivity index (χ4v) is 4.99. The van der Waals surface area contributed by atoms with E-state index in [9.17, 15) is 14.7 Å². The first-order valence-corrected chi connectivity index (χ1v) is 12.5. The topological polar surface area (TPSA) is 82.6 Å². The number of aryl methyl sites for hydroxylation is 2. The maximum atomic E-state index is 13.3. The molecule has 4 aromatic rings. The number of nitrogens with zero attached hydrogens (tertiary/aromatic N) is 1. The zero-order valence-corrected chi connectivity index (χ0v) is 21.2. The largest absolute Gasteiger partial charge is 0.507 e. The molecule has 0 bridgehead atoms. The molecule has 2 heterocycles. The second kappa shape index (κ2) is 9.97. The van der Waals surface area contributed by atoms with Gasteiger partial charge < -0.3 is 19.7 Å². The lowest BCUT2D eigenvalue weighted by molar-refractivity contribution is -0.139. The van der Waals surface area contributed by atoms with E-state index in [0.717, 1.165) is 45.3 Å². The number of ketones is 1. The predicted octanol–water partition coefficient (Wildman–Crippen LogP) is 5.71. The monoisotopic (exact) mass is 494 g/mol. The highest BCUT2D eigenvalue weighted by Gasteiger charge is 2.45. The van der Waals surface area contributed by atoms with Crippen LogP contribution in [0.1, 0.15) is 40.8 Å². The zero-order chi connectivity index (χ0) is 26.1. The molecule has 0 aliphatic carbocycles. The van der Waals surface area contributed by atoms with Crippen LogP contribution < -0.4 is 4.74 Å². The van der Waals surface area contributed by atoms with Crippen molar-refractivity contribution in [1.82, 2.24) is 9.88 Å². The molecule has 0 radical (unpaired) electrons. The molecule has 1 fully saturated rings. The molecule has 3 aromatic carbocycles. The first-order chi connectivity index (χ1) is 17.9. The van der Waals surface area contributed by atoms with Crippen molar-refractivity contribution in [2.24, 2.45) is 0 Å². The third-order valence-corrected chi connectivity index (χ3v) is 7.17. The maximum Gasteiger partial charge on any atom is 0.295 e. The molecular weight excluding hydrogens is 464 g/mol. The summed E-state index contributed by atoms with van der Waals surface area (Å²) in [4.78, 5) is 31.5. The summed E-state index contributed by atoms with van der Waals surface area (Å²) in [6, 6.07) is 20.3. The highest BCUT2D eigenvalue weighted by atomic mass is 16.5. The Morgan fingerprint density at radius 2 is 1.76 bits per heavy atom. The van der Waals surface area contributed by atoms with Gasteiger partial charge >= 0.3 is 0 Å². The van der Waals surface area contributed by atoms with Gasteiger partial charge in [-0.25, -0.2) is 0 Å². The summed E-state index contributed by atoms with van der Waals surface area (Å²) in [5.74, 6) is -0.663. The number of methoxy groups -OCH3 is 1. The minimum Gasteiger partial charge on any atom is -0.507 e. The molecule has 188 valence electrons. The van der Waals surface area contributed by atoms with Gasteiger partial charge in [0.05, 0.1) is 18.7 Å². The van der Waals surface area contributed by atoms with Crippen LogP contribution >= 0.6 is 0 Å². The van der Waals surface area contributed by atoms with Gasteiger partial charge in [-0.2, -0.15) is 0 Å². The van der Waals surface area contributed by atoms with Crippen molar-refractivity contribution in [2.75, 3.05) is 13.7 Å². The number of ether oxygens (including phenoxy) is 1. The van der Waals surface area contributed by atoms with Crippen LogP contribution in [0.4, 0.5) is 0 Å². The predicted molar refractivity (Wildman–Crippen MR) is 145 cm³/mol. The molecule has 1 atom stereocenters. The first kappa shape index (κ1) is 24.4. The molecule has 0 saturated carbocycles. The van der Waals surface area contributed by atoms with E-state index in [1.54, 1.807) is 24.1 Å². The van der Waals surface area contributed by atoms with Crippen molar-refractivity contribution >= 4 is 28.4 Å². The SMILES string of the molecule is CCc1ccc(C2/C(=C(/O)c3ccc(C)cc3)C(=O)C(=O)N2CCc2c[nH]c3ccc(OC)cc23)cc1. The van der Waals surface area contributed by atoms with Crippen molar-refractivity contribution in [2.45, 2.75) is 32.7 Å². The van der Waals surface area contributed by atoms with Crippen LogP contribution in [0.15, 0.2) is 78.5 Å². The number of nitrogens with one attached hydrogen (secondary N) is 1. The molecule has 1 aliphatic heterocycles. The number of amides is 1. The van der Waals surface area contributed by atoms with Crippen LogP contribution in [0.25, 0.3) is 16.7 Å². The van der Waals surface area contributed by atoms with Gasteiger partial charge in [-0.1, -0.05) is 61.0 Å². The third-order valence-electron chi connectivity index (χ3n) is 7.17. The number of aliphatic hydroxyl groups excluding tert-OH is 1. The fourth-order valence-electron chi connectivity index (χ4n) is 4.99. The van der Waals surface area contributed by atoms with E-state index in [0.29, 0.717) is 18.5 Å². The minimum atomic E-state index is -0.674. The van der Waals surface area contributed by atoms with Crippen LogP contribution in [0.5, 0.6) is 5.75 Å². The van der Waals surface area contributed by atoms with Crippen molar-refractivity contribution in [1.29, 1.82) is 0 Å². The molecule has 5 rings (SSSR count). The summed E-state index contributed by atoms with van der Waals surface area (Å²) in [6.07, 6.45) is 3.35. The van der Waals surface area contributed by atoms with Gasteiger partial charge in [0.2, 0.25) is 0 Å². The van der Waals surface area contributed by atoms with E-state index < -0.39 is 17.7 Å². The highest BCUT2D eigenvalue weighted by Crippen LogP contribution is 2.40. The van der Waals surface area contributed by atoms with Gasteiger partial charge in [0.15, 0.2) is 0 Å². The average Bonchev–Trinajstić information content (AvgIpc) is 3.44. The maximum absolute atomic E-state index is 13.3. The van der Waals surface area contributed by atoms with Crippen molar-refractivity contribution in [3.8, 4) is 5.75 Å². The number of Topliss-reactive ketones (excluding diaryl/α,β-unsaturated/α-hetero) is 1. The van der Waals surface area contributed by atoms with Crippen LogP contribution in [0, 0.1) is 6.92 Å². The summed E-state index contributed by atoms with van der Waals surface area (Å²) in [6.45, 7) is 4.35. The van der Waals surface area contributed by atoms with Crippen molar-refractivity contribution in [3.05, 3.63) is 106 Å². The van der Waals surface area contributed by atoms with Gasteiger partial charge in [0.25, 0.3) is 11.7 Å². The molecular formula is C31H30N2O4. The number of hydrogen-bond acceptors (Lipinski definition) is 4. The average molecular weight is 495 g/mol. The van der Waals surface area contributed by atoms with Gasteiger partial charge in [0.1, 0.15) is 11.5 Å². The van der Waals surface area contributed by atoms with E-state index >= 15 is 0 Å². The van der Waals surface area contributed by atoms with E-state index in [4.69, 9.17) is 4.74 Å². The molecule has 1 unspecified atom stereocenters. The summed E-state index contributed by atoms with van der Waals surface area (Å²) in [7, 11) is 1.63. The van der Waals surface area contributed by atoms with Gasteiger partial charge in [-0.05, 0) is 54.7 Å². The Morgan fingerprint density at radius 3 is 2.43 bits per heavy atom. The number of carbonyl (C=O) groups excluding carboxylic acids is 2. The number of rotatable bonds is 7. The third kappa shape index (κ3) is 4.51. The quantitative estimate of drug-likeness (QED) is 0.196. The van der Waals surface area contributed by atoms with Gasteiger partial charge in [-0.15, -0.1) is 0 Å². The van der Waals surface area contributed by atoms with Gasteiger partial charge in [-0.3, -0.25) is 9.59 Å². The molecule has 1 aromatic heterocycles. The summed E-state index contributed by atoms with van der Waals surface area (Å²) >= 11 is 0. The second-order valence-corrected chi connectivity index (χ2v) is 9.43. The molecule has 6 heteroatoms. The summed E-state index contributed by atoms with van der Waals surface area (Å²) < 4.78 is 5.38. The molecule has 2 N–H and O–H groups in total. The summed E-state index contributed by atoms with van der Waals surface area (Å²) in [5, 5.41) is 12.3. The van der Waals surface area contributed by atoms with E-state index in [-0.39, 0.29) is 11.3 Å². The molecule has 1 amide bonds. The Morgan fingerprint density at radius 1 is 1.03 bits per heavy atom. The van der Waals surface area contributed by atoms with E-state index in [1.807, 2.05) is 67.7 Å². The normalized spacial score (nSPS) is 17.1. The Kier molecular flexibility index (Phi) is 6.57. The summed E-state index contributed by atoms with van der Waals surface area (Å²) in [5.41, 5.74) is 5.64.